The Morgan fingerprint density at radius 2 is 1.78 bits per heavy atom. The summed E-state index contributed by atoms with van der Waals surface area (Å²) >= 11 is 0. The minimum Gasteiger partial charge on any atom is -0.381 e. The molecule has 0 bridgehead atoms. The zero-order valence-electron chi connectivity index (χ0n) is 21.4. The number of hydrogen-bond acceptors (Lipinski definition) is 5. The van der Waals surface area contributed by atoms with Crippen molar-refractivity contribution in [2.45, 2.75) is 68.3 Å². The van der Waals surface area contributed by atoms with Crippen molar-refractivity contribution in [2.75, 3.05) is 26.4 Å². The minimum absolute atomic E-state index is 0.0450. The van der Waals surface area contributed by atoms with Crippen molar-refractivity contribution < 1.29 is 27.1 Å². The van der Waals surface area contributed by atoms with Gasteiger partial charge in [0.1, 0.15) is 11.1 Å². The number of rotatable bonds is 6. The number of carbonyl (C=O) groups excluding carboxylic acids is 1. The van der Waals surface area contributed by atoms with Gasteiger partial charge in [0.2, 0.25) is 15.9 Å². The van der Waals surface area contributed by atoms with Crippen LogP contribution in [0.5, 0.6) is 0 Å². The Bertz CT molecular complexity index is 1240. The van der Waals surface area contributed by atoms with E-state index in [1.165, 1.54) is 10.4 Å². The highest BCUT2D eigenvalue weighted by Crippen LogP contribution is 2.40. The molecule has 3 aliphatic heterocycles. The number of nitrogens with one attached hydrogen (secondary N) is 1. The normalized spacial score (nSPS) is 26.7. The van der Waals surface area contributed by atoms with Crippen LogP contribution in [0.15, 0.2) is 48.5 Å². The lowest BCUT2D eigenvalue weighted by Gasteiger charge is -2.44. The number of hydrogen-bond donors (Lipinski definition) is 1. The van der Waals surface area contributed by atoms with Crippen LogP contribution >= 0.6 is 0 Å². The Hall–Kier alpha value is -2.33. The number of halogens is 1. The fourth-order valence-electron chi connectivity index (χ4n) is 5.73. The monoisotopic (exact) mass is 530 g/mol. The molecule has 3 heterocycles. The van der Waals surface area contributed by atoms with Gasteiger partial charge in [-0.05, 0) is 56.7 Å². The van der Waals surface area contributed by atoms with E-state index >= 15 is 4.39 Å². The van der Waals surface area contributed by atoms with E-state index in [9.17, 15) is 13.2 Å². The molecule has 3 aliphatic rings. The van der Waals surface area contributed by atoms with Gasteiger partial charge in [-0.25, -0.2) is 12.8 Å². The molecule has 200 valence electrons. The number of nitrogens with zero attached hydrogens (tertiary/aromatic N) is 1. The Morgan fingerprint density at radius 1 is 1.08 bits per heavy atom. The van der Waals surface area contributed by atoms with E-state index < -0.39 is 32.0 Å². The third kappa shape index (κ3) is 4.94. The Balaban J connectivity index is 1.41. The molecule has 2 aromatic rings. The van der Waals surface area contributed by atoms with Gasteiger partial charge in [-0.2, -0.15) is 4.31 Å². The van der Waals surface area contributed by atoms with Crippen LogP contribution in [0.3, 0.4) is 0 Å². The zero-order valence-corrected chi connectivity index (χ0v) is 22.2. The molecule has 0 aromatic heterocycles. The van der Waals surface area contributed by atoms with Crippen LogP contribution in [-0.4, -0.2) is 56.6 Å². The molecule has 1 N–H and O–H groups in total. The van der Waals surface area contributed by atoms with E-state index in [1.807, 2.05) is 44.2 Å². The van der Waals surface area contributed by atoms with Crippen molar-refractivity contribution in [3.05, 3.63) is 71.0 Å². The summed E-state index contributed by atoms with van der Waals surface area (Å²) in [6, 6.07) is 13.8. The van der Waals surface area contributed by atoms with Crippen molar-refractivity contribution in [3.63, 3.8) is 0 Å². The predicted octanol–water partition coefficient (Wildman–Crippen LogP) is 3.83. The first-order chi connectivity index (χ1) is 17.6. The maximum absolute atomic E-state index is 15.6. The fraction of sp³-hybridized carbons (Fsp3) is 0.536. The van der Waals surface area contributed by atoms with E-state index in [1.54, 1.807) is 12.1 Å². The van der Waals surface area contributed by atoms with Gasteiger partial charge in [0.25, 0.3) is 0 Å². The largest absolute Gasteiger partial charge is 0.381 e. The van der Waals surface area contributed by atoms with Crippen molar-refractivity contribution in [1.29, 1.82) is 0 Å². The predicted molar refractivity (Wildman–Crippen MR) is 138 cm³/mol. The molecule has 7 nitrogen and oxygen atoms in total. The van der Waals surface area contributed by atoms with Gasteiger partial charge < -0.3 is 14.8 Å². The van der Waals surface area contributed by atoms with Crippen LogP contribution < -0.4 is 5.32 Å². The molecule has 0 aliphatic carbocycles. The van der Waals surface area contributed by atoms with Crippen LogP contribution in [0, 0.1) is 5.82 Å². The van der Waals surface area contributed by atoms with Crippen LogP contribution in [0.1, 0.15) is 61.5 Å². The van der Waals surface area contributed by atoms with Crippen molar-refractivity contribution in [2.24, 2.45) is 0 Å². The van der Waals surface area contributed by atoms with Crippen LogP contribution in [0.25, 0.3) is 0 Å². The number of ether oxygens (including phenoxy) is 2. The molecule has 1 amide bonds. The summed E-state index contributed by atoms with van der Waals surface area (Å²) in [5, 5.41) is 2.47. The van der Waals surface area contributed by atoms with Gasteiger partial charge in [0.15, 0.2) is 0 Å². The van der Waals surface area contributed by atoms with Crippen LogP contribution in [0.2, 0.25) is 0 Å². The van der Waals surface area contributed by atoms with E-state index in [4.69, 9.17) is 9.47 Å². The highest BCUT2D eigenvalue weighted by Gasteiger charge is 2.46. The highest BCUT2D eigenvalue weighted by atomic mass is 32.2. The van der Waals surface area contributed by atoms with Crippen molar-refractivity contribution >= 4 is 15.9 Å². The third-order valence-electron chi connectivity index (χ3n) is 8.17. The average Bonchev–Trinajstić information content (AvgIpc) is 2.87. The second-order valence-electron chi connectivity index (χ2n) is 10.9. The molecule has 37 heavy (non-hydrogen) atoms. The Kier molecular flexibility index (Phi) is 7.17. The second-order valence-corrected chi connectivity index (χ2v) is 13.0. The summed E-state index contributed by atoms with van der Waals surface area (Å²) in [4.78, 5) is 13.5. The second kappa shape index (κ2) is 10.1. The van der Waals surface area contributed by atoms with E-state index in [2.05, 4.69) is 5.32 Å². The number of carbonyl (C=O) groups is 1. The van der Waals surface area contributed by atoms with Crippen LogP contribution in [0.4, 0.5) is 4.39 Å². The molecule has 5 rings (SSSR count). The van der Waals surface area contributed by atoms with E-state index in [0.29, 0.717) is 63.2 Å². The minimum atomic E-state index is -3.68. The third-order valence-corrected chi connectivity index (χ3v) is 10.5. The van der Waals surface area contributed by atoms with Gasteiger partial charge in [-0.3, -0.25) is 4.79 Å². The molecule has 0 unspecified atom stereocenters. The SMILES string of the molecule is C[C@H]1CC[C@H](c2ccccc2)S(=O)(=O)N1Cc1ccc(C2(C(=O)NC3(C)COC3)CCOCC2)cc1F. The Labute approximate surface area is 218 Å². The van der Waals surface area contributed by atoms with Gasteiger partial charge >= 0.3 is 0 Å². The molecule has 9 heteroatoms. The topological polar surface area (TPSA) is 84.9 Å². The van der Waals surface area contributed by atoms with E-state index in [0.717, 1.165) is 5.56 Å². The molecule has 2 aromatic carbocycles. The summed E-state index contributed by atoms with van der Waals surface area (Å²) in [5.74, 6) is -0.648. The molecule has 0 spiro atoms. The van der Waals surface area contributed by atoms with Gasteiger partial charge in [0.05, 0.1) is 24.2 Å². The summed E-state index contributed by atoms with van der Waals surface area (Å²) in [7, 11) is -3.68. The van der Waals surface area contributed by atoms with Gasteiger partial charge in [-0.1, -0.05) is 42.5 Å². The summed E-state index contributed by atoms with van der Waals surface area (Å²) in [6.45, 7) is 5.49. The lowest BCUT2D eigenvalue weighted by molar-refractivity contribution is -0.140. The molecule has 2 atom stereocenters. The summed E-state index contributed by atoms with van der Waals surface area (Å²) in [5.41, 5.74) is 0.326. The quantitative estimate of drug-likeness (QED) is 0.614. The maximum Gasteiger partial charge on any atom is 0.231 e. The lowest BCUT2D eigenvalue weighted by Crippen LogP contribution is -2.63. The van der Waals surface area contributed by atoms with Gasteiger partial charge in [-0.15, -0.1) is 0 Å². The van der Waals surface area contributed by atoms with Crippen LogP contribution in [-0.2, 0) is 36.3 Å². The first kappa shape index (κ1) is 26.3. The molecular formula is C28H35FN2O5S. The van der Waals surface area contributed by atoms with Crippen molar-refractivity contribution in [3.8, 4) is 0 Å². The van der Waals surface area contributed by atoms with Crippen molar-refractivity contribution in [1.82, 2.24) is 9.62 Å². The highest BCUT2D eigenvalue weighted by molar-refractivity contribution is 7.89. The first-order valence-corrected chi connectivity index (χ1v) is 14.5. The molecule has 3 saturated heterocycles. The molecule has 0 radical (unpaired) electrons. The number of amides is 1. The average molecular weight is 531 g/mol. The maximum atomic E-state index is 15.6. The van der Waals surface area contributed by atoms with E-state index in [-0.39, 0.29) is 18.5 Å². The smallest absolute Gasteiger partial charge is 0.231 e. The summed E-state index contributed by atoms with van der Waals surface area (Å²) < 4.78 is 55.0. The molecule has 3 fully saturated rings. The first-order valence-electron chi connectivity index (χ1n) is 13.0. The van der Waals surface area contributed by atoms with Gasteiger partial charge in [0, 0.05) is 31.4 Å². The lowest BCUT2D eigenvalue weighted by atomic mass is 9.72. The molecular weight excluding hydrogens is 495 g/mol. The Morgan fingerprint density at radius 3 is 2.41 bits per heavy atom. The zero-order chi connectivity index (χ0) is 26.3. The number of sulfonamides is 1. The molecule has 0 saturated carbocycles. The standard InChI is InChI=1S/C28H35FN2O5S/c1-20-8-11-25(21-6-4-3-5-7-21)37(33,34)31(20)17-22-9-10-23(16-24(22)29)28(12-14-35-15-13-28)26(32)30-27(2)18-36-19-27/h3-7,9-10,16,20,25H,8,11-15,17-19H2,1-2H3,(H,30,32)/t20-,25+/m0/s1. The fourth-order valence-corrected chi connectivity index (χ4v) is 7.92. The number of benzene rings is 2. The summed E-state index contributed by atoms with van der Waals surface area (Å²) in [6.07, 6.45) is 2.13.